The third kappa shape index (κ3) is 7.22. The first-order valence-corrected chi connectivity index (χ1v) is 7.83. The van der Waals surface area contributed by atoms with Crippen LogP contribution in [0.15, 0.2) is 24.3 Å². The van der Waals surface area contributed by atoms with Crippen LogP contribution in [0.4, 0.5) is 5.69 Å². The Morgan fingerprint density at radius 2 is 1.37 bits per heavy atom. The smallest absolute Gasteiger partial charge is 0.0314 e. The van der Waals surface area contributed by atoms with E-state index in [1.54, 1.807) is 0 Å². The highest BCUT2D eigenvalue weighted by Crippen LogP contribution is 2.09. The molecule has 1 rings (SSSR count). The minimum atomic E-state index is 0.858. The van der Waals surface area contributed by atoms with Crippen molar-refractivity contribution in [1.29, 1.82) is 0 Å². The van der Waals surface area contributed by atoms with Crippen LogP contribution in [-0.2, 0) is 6.42 Å². The van der Waals surface area contributed by atoms with Crippen molar-refractivity contribution in [2.75, 3.05) is 25.4 Å². The SMILES string of the molecule is CCCCN(CCCC)CCCc1ccc(N)cc1. The number of rotatable bonds is 10. The van der Waals surface area contributed by atoms with Gasteiger partial charge in [-0.15, -0.1) is 0 Å². The predicted molar refractivity (Wildman–Crippen MR) is 85.4 cm³/mol. The molecule has 0 fully saturated rings. The first-order valence-electron chi connectivity index (χ1n) is 7.83. The van der Waals surface area contributed by atoms with Gasteiger partial charge in [0.25, 0.3) is 0 Å². The lowest BCUT2D eigenvalue weighted by molar-refractivity contribution is 0.262. The summed E-state index contributed by atoms with van der Waals surface area (Å²) in [5.41, 5.74) is 7.97. The minimum Gasteiger partial charge on any atom is -0.399 e. The molecule has 0 aromatic heterocycles. The standard InChI is InChI=1S/C17H30N2/c1-3-5-13-19(14-6-4-2)15-7-8-16-9-11-17(18)12-10-16/h9-12H,3-8,13-15,18H2,1-2H3. The summed E-state index contributed by atoms with van der Waals surface area (Å²) < 4.78 is 0. The van der Waals surface area contributed by atoms with E-state index in [1.807, 2.05) is 12.1 Å². The summed E-state index contributed by atoms with van der Waals surface area (Å²) in [6.07, 6.45) is 7.64. The van der Waals surface area contributed by atoms with E-state index in [2.05, 4.69) is 30.9 Å². The Morgan fingerprint density at radius 3 is 1.89 bits per heavy atom. The van der Waals surface area contributed by atoms with Gasteiger partial charge in [0.1, 0.15) is 0 Å². The molecule has 0 heterocycles. The van der Waals surface area contributed by atoms with Gasteiger partial charge in [-0.1, -0.05) is 38.8 Å². The zero-order valence-electron chi connectivity index (χ0n) is 12.7. The fraction of sp³-hybridized carbons (Fsp3) is 0.647. The zero-order chi connectivity index (χ0) is 13.9. The molecule has 19 heavy (non-hydrogen) atoms. The van der Waals surface area contributed by atoms with Crippen LogP contribution in [-0.4, -0.2) is 24.5 Å². The number of hydrogen-bond donors (Lipinski definition) is 1. The van der Waals surface area contributed by atoms with Gasteiger partial charge in [-0.05, 0) is 63.0 Å². The molecule has 0 unspecified atom stereocenters. The summed E-state index contributed by atoms with van der Waals surface area (Å²) in [4.78, 5) is 2.63. The molecule has 2 nitrogen and oxygen atoms in total. The third-order valence-corrected chi connectivity index (χ3v) is 3.58. The Morgan fingerprint density at radius 1 is 0.842 bits per heavy atom. The van der Waals surface area contributed by atoms with Crippen molar-refractivity contribution in [3.05, 3.63) is 29.8 Å². The molecule has 0 bridgehead atoms. The highest BCUT2D eigenvalue weighted by Gasteiger charge is 2.03. The third-order valence-electron chi connectivity index (χ3n) is 3.58. The Labute approximate surface area is 119 Å². The van der Waals surface area contributed by atoms with Gasteiger partial charge in [0.05, 0.1) is 0 Å². The molecular formula is C17H30N2. The van der Waals surface area contributed by atoms with E-state index in [9.17, 15) is 0 Å². The van der Waals surface area contributed by atoms with Crippen molar-refractivity contribution in [3.8, 4) is 0 Å². The van der Waals surface area contributed by atoms with Gasteiger partial charge in [-0.25, -0.2) is 0 Å². The van der Waals surface area contributed by atoms with Crippen LogP contribution in [0.2, 0.25) is 0 Å². The second-order valence-corrected chi connectivity index (χ2v) is 5.39. The molecule has 0 radical (unpaired) electrons. The second kappa shape index (κ2) is 9.85. The van der Waals surface area contributed by atoms with Gasteiger partial charge in [-0.2, -0.15) is 0 Å². The van der Waals surface area contributed by atoms with Crippen molar-refractivity contribution >= 4 is 5.69 Å². The van der Waals surface area contributed by atoms with Gasteiger partial charge >= 0.3 is 0 Å². The van der Waals surface area contributed by atoms with Crippen LogP contribution >= 0.6 is 0 Å². The van der Waals surface area contributed by atoms with E-state index < -0.39 is 0 Å². The molecule has 0 amide bonds. The fourth-order valence-corrected chi connectivity index (χ4v) is 2.29. The summed E-state index contributed by atoms with van der Waals surface area (Å²) in [5, 5.41) is 0. The number of unbranched alkanes of at least 4 members (excludes halogenated alkanes) is 2. The van der Waals surface area contributed by atoms with Crippen molar-refractivity contribution in [2.24, 2.45) is 0 Å². The largest absolute Gasteiger partial charge is 0.399 e. The number of hydrogen-bond acceptors (Lipinski definition) is 2. The lowest BCUT2D eigenvalue weighted by Gasteiger charge is -2.21. The molecule has 0 spiro atoms. The number of nitrogen functional groups attached to an aromatic ring is 1. The van der Waals surface area contributed by atoms with Crippen LogP contribution in [0.1, 0.15) is 51.5 Å². The molecule has 108 valence electrons. The number of nitrogens with zero attached hydrogens (tertiary/aromatic N) is 1. The lowest BCUT2D eigenvalue weighted by atomic mass is 10.1. The molecular weight excluding hydrogens is 232 g/mol. The molecule has 2 heteroatoms. The van der Waals surface area contributed by atoms with E-state index in [0.29, 0.717) is 0 Å². The summed E-state index contributed by atoms with van der Waals surface area (Å²) in [6, 6.07) is 8.30. The van der Waals surface area contributed by atoms with Crippen LogP contribution in [0, 0.1) is 0 Å². The zero-order valence-corrected chi connectivity index (χ0v) is 12.7. The highest BCUT2D eigenvalue weighted by atomic mass is 15.1. The van der Waals surface area contributed by atoms with Crippen molar-refractivity contribution in [3.63, 3.8) is 0 Å². The van der Waals surface area contributed by atoms with Crippen molar-refractivity contribution < 1.29 is 0 Å². The molecule has 0 aliphatic rings. The summed E-state index contributed by atoms with van der Waals surface area (Å²) in [6.45, 7) is 8.29. The number of benzene rings is 1. The van der Waals surface area contributed by atoms with E-state index >= 15 is 0 Å². The summed E-state index contributed by atoms with van der Waals surface area (Å²) in [5.74, 6) is 0. The number of nitrogens with two attached hydrogens (primary N) is 1. The molecule has 0 saturated carbocycles. The molecule has 0 saturated heterocycles. The highest BCUT2D eigenvalue weighted by molar-refractivity contribution is 5.39. The molecule has 2 N–H and O–H groups in total. The van der Waals surface area contributed by atoms with Crippen LogP contribution in [0.25, 0.3) is 0 Å². The van der Waals surface area contributed by atoms with E-state index in [1.165, 1.54) is 57.3 Å². The maximum Gasteiger partial charge on any atom is 0.0314 e. The maximum absolute atomic E-state index is 5.71. The van der Waals surface area contributed by atoms with Crippen LogP contribution in [0.3, 0.4) is 0 Å². The van der Waals surface area contributed by atoms with E-state index in [0.717, 1.165) is 12.1 Å². The van der Waals surface area contributed by atoms with E-state index in [4.69, 9.17) is 5.73 Å². The van der Waals surface area contributed by atoms with Gasteiger partial charge in [-0.3, -0.25) is 0 Å². The van der Waals surface area contributed by atoms with Gasteiger partial charge < -0.3 is 10.6 Å². The predicted octanol–water partition coefficient (Wildman–Crippen LogP) is 4.10. The number of anilines is 1. The van der Waals surface area contributed by atoms with Crippen molar-refractivity contribution in [2.45, 2.75) is 52.4 Å². The lowest BCUT2D eigenvalue weighted by Crippen LogP contribution is -2.27. The topological polar surface area (TPSA) is 29.3 Å². The first kappa shape index (κ1) is 16.0. The molecule has 1 aromatic rings. The normalized spacial score (nSPS) is 11.1. The molecule has 0 atom stereocenters. The fourth-order valence-electron chi connectivity index (χ4n) is 2.29. The van der Waals surface area contributed by atoms with Crippen LogP contribution in [0.5, 0.6) is 0 Å². The summed E-state index contributed by atoms with van der Waals surface area (Å²) in [7, 11) is 0. The summed E-state index contributed by atoms with van der Waals surface area (Å²) >= 11 is 0. The first-order chi connectivity index (χ1) is 9.26. The Hall–Kier alpha value is -1.02. The molecule has 1 aromatic carbocycles. The van der Waals surface area contributed by atoms with Crippen molar-refractivity contribution in [1.82, 2.24) is 4.90 Å². The van der Waals surface area contributed by atoms with Gasteiger partial charge in [0.15, 0.2) is 0 Å². The molecule has 0 aliphatic heterocycles. The maximum atomic E-state index is 5.71. The van der Waals surface area contributed by atoms with Crippen LogP contribution < -0.4 is 5.73 Å². The van der Waals surface area contributed by atoms with Gasteiger partial charge in [0, 0.05) is 5.69 Å². The Bertz CT molecular complexity index is 311. The monoisotopic (exact) mass is 262 g/mol. The average Bonchev–Trinajstić information content (AvgIpc) is 2.43. The Balaban J connectivity index is 2.27. The quantitative estimate of drug-likeness (QED) is 0.643. The minimum absolute atomic E-state index is 0.858. The van der Waals surface area contributed by atoms with E-state index in [-0.39, 0.29) is 0 Å². The number of aryl methyl sites for hydroxylation is 1. The molecule has 0 aliphatic carbocycles. The average molecular weight is 262 g/mol. The van der Waals surface area contributed by atoms with Gasteiger partial charge in [0.2, 0.25) is 0 Å². The second-order valence-electron chi connectivity index (χ2n) is 5.39. The Kier molecular flexibility index (Phi) is 8.31.